The summed E-state index contributed by atoms with van der Waals surface area (Å²) < 4.78 is 6.85. The minimum Gasteiger partial charge on any atom is -0.496 e. The first-order chi connectivity index (χ1) is 10.0. The molecule has 1 aromatic carbocycles. The van der Waals surface area contributed by atoms with E-state index in [0.717, 1.165) is 12.3 Å². The Morgan fingerprint density at radius 3 is 2.52 bits per heavy atom. The van der Waals surface area contributed by atoms with Gasteiger partial charge in [-0.15, -0.1) is 0 Å². The molecule has 1 unspecified atom stereocenters. The molecule has 2 rings (SSSR count). The lowest BCUT2D eigenvalue weighted by molar-refractivity contribution is 0.143. The summed E-state index contributed by atoms with van der Waals surface area (Å²) in [7, 11) is 1.78. The molecule has 0 aliphatic heterocycles. The first-order valence-corrected chi connectivity index (χ1v) is 8.88. The van der Waals surface area contributed by atoms with E-state index in [-0.39, 0.29) is 0 Å². The first kappa shape index (κ1) is 16.8. The number of rotatable bonds is 5. The second kappa shape index (κ2) is 7.15. The fraction of sp³-hybridized carbons (Fsp3) is 0.667. The molecule has 0 spiro atoms. The summed E-state index contributed by atoms with van der Waals surface area (Å²) in [6, 6.07) is 4.76. The number of aryl methyl sites for hydroxylation is 1. The number of nitrogens with one attached hydrogen (secondary N) is 1. The predicted molar refractivity (Wildman–Crippen MR) is 93.0 cm³/mol. The van der Waals surface area contributed by atoms with Crippen molar-refractivity contribution in [3.63, 3.8) is 0 Å². The van der Waals surface area contributed by atoms with Gasteiger partial charge in [-0.1, -0.05) is 49.0 Å². The summed E-state index contributed by atoms with van der Waals surface area (Å²) >= 11 is 3.69. The minimum atomic E-state index is 0.316. The lowest BCUT2D eigenvalue weighted by Crippen LogP contribution is -2.38. The van der Waals surface area contributed by atoms with Gasteiger partial charge in [-0.2, -0.15) is 0 Å². The van der Waals surface area contributed by atoms with Crippen LogP contribution in [0, 0.1) is 12.3 Å². The Kier molecular flexibility index (Phi) is 5.73. The standard InChI is InChI=1S/C18H28BrNO/c1-5-20-17(18(3)9-7-6-8-10-18)14-12-15(19)13(2)11-16(14)21-4/h11-12,17,20H,5-10H2,1-4H3. The van der Waals surface area contributed by atoms with Crippen molar-refractivity contribution >= 4 is 15.9 Å². The Labute approximate surface area is 137 Å². The van der Waals surface area contributed by atoms with Crippen LogP contribution in [0.4, 0.5) is 0 Å². The van der Waals surface area contributed by atoms with Crippen molar-refractivity contribution < 1.29 is 4.74 Å². The summed E-state index contributed by atoms with van der Waals surface area (Å²) in [4.78, 5) is 0. The highest BCUT2D eigenvalue weighted by Gasteiger charge is 2.37. The third kappa shape index (κ3) is 3.62. The van der Waals surface area contributed by atoms with E-state index in [1.165, 1.54) is 47.7 Å². The molecule has 1 aliphatic carbocycles. The van der Waals surface area contributed by atoms with E-state index in [1.807, 2.05) is 0 Å². The summed E-state index contributed by atoms with van der Waals surface area (Å²) in [5.41, 5.74) is 2.83. The molecule has 1 fully saturated rings. The van der Waals surface area contributed by atoms with Gasteiger partial charge in [-0.05, 0) is 49.4 Å². The van der Waals surface area contributed by atoms with Gasteiger partial charge in [0, 0.05) is 16.1 Å². The molecule has 0 aromatic heterocycles. The van der Waals surface area contributed by atoms with Crippen LogP contribution in [-0.4, -0.2) is 13.7 Å². The van der Waals surface area contributed by atoms with Crippen molar-refractivity contribution in [2.45, 2.75) is 58.9 Å². The molecule has 1 aromatic rings. The van der Waals surface area contributed by atoms with E-state index in [1.54, 1.807) is 7.11 Å². The van der Waals surface area contributed by atoms with Crippen LogP contribution in [0.25, 0.3) is 0 Å². The van der Waals surface area contributed by atoms with Gasteiger partial charge >= 0.3 is 0 Å². The molecule has 1 saturated carbocycles. The van der Waals surface area contributed by atoms with E-state index < -0.39 is 0 Å². The fourth-order valence-electron chi connectivity index (χ4n) is 3.66. The smallest absolute Gasteiger partial charge is 0.123 e. The van der Waals surface area contributed by atoms with Crippen molar-refractivity contribution in [3.8, 4) is 5.75 Å². The maximum Gasteiger partial charge on any atom is 0.123 e. The Bertz CT molecular complexity index is 480. The van der Waals surface area contributed by atoms with Crippen LogP contribution in [0.2, 0.25) is 0 Å². The van der Waals surface area contributed by atoms with E-state index in [2.05, 4.69) is 54.2 Å². The van der Waals surface area contributed by atoms with Crippen molar-refractivity contribution in [2.24, 2.45) is 5.41 Å². The summed E-state index contributed by atoms with van der Waals surface area (Å²) in [6.45, 7) is 7.72. The molecule has 0 heterocycles. The van der Waals surface area contributed by atoms with Crippen LogP contribution in [0.3, 0.4) is 0 Å². The van der Waals surface area contributed by atoms with E-state index >= 15 is 0 Å². The lowest BCUT2D eigenvalue weighted by atomic mass is 9.68. The lowest BCUT2D eigenvalue weighted by Gasteiger charge is -2.42. The number of benzene rings is 1. The Hall–Kier alpha value is -0.540. The molecule has 0 bridgehead atoms. The van der Waals surface area contributed by atoms with Gasteiger partial charge in [-0.25, -0.2) is 0 Å². The van der Waals surface area contributed by atoms with Gasteiger partial charge in [0.05, 0.1) is 7.11 Å². The average molecular weight is 354 g/mol. The Balaban J connectivity index is 2.44. The number of methoxy groups -OCH3 is 1. The fourth-order valence-corrected chi connectivity index (χ4v) is 4.02. The SMILES string of the molecule is CCNC(c1cc(Br)c(C)cc1OC)C1(C)CCCCC1. The quantitative estimate of drug-likeness (QED) is 0.766. The van der Waals surface area contributed by atoms with Crippen LogP contribution >= 0.6 is 15.9 Å². The maximum atomic E-state index is 5.68. The van der Waals surface area contributed by atoms with Crippen LogP contribution < -0.4 is 10.1 Å². The molecular weight excluding hydrogens is 326 g/mol. The van der Waals surface area contributed by atoms with Gasteiger partial charge in [-0.3, -0.25) is 0 Å². The first-order valence-electron chi connectivity index (χ1n) is 8.09. The maximum absolute atomic E-state index is 5.68. The molecule has 1 aliphatic rings. The molecule has 0 radical (unpaired) electrons. The van der Waals surface area contributed by atoms with Crippen LogP contribution in [-0.2, 0) is 0 Å². The zero-order valence-electron chi connectivity index (χ0n) is 13.8. The highest BCUT2D eigenvalue weighted by molar-refractivity contribution is 9.10. The summed E-state index contributed by atoms with van der Waals surface area (Å²) in [5.74, 6) is 1.01. The van der Waals surface area contributed by atoms with Crippen molar-refractivity contribution in [3.05, 3.63) is 27.7 Å². The second-order valence-electron chi connectivity index (χ2n) is 6.55. The zero-order valence-corrected chi connectivity index (χ0v) is 15.3. The monoisotopic (exact) mass is 353 g/mol. The van der Waals surface area contributed by atoms with Crippen LogP contribution in [0.1, 0.15) is 63.1 Å². The Morgan fingerprint density at radius 1 is 1.29 bits per heavy atom. The predicted octanol–water partition coefficient (Wildman–Crippen LogP) is 5.39. The molecule has 1 N–H and O–H groups in total. The normalized spacial score (nSPS) is 19.3. The highest BCUT2D eigenvalue weighted by Crippen LogP contribution is 2.48. The second-order valence-corrected chi connectivity index (χ2v) is 7.40. The van der Waals surface area contributed by atoms with E-state index in [0.29, 0.717) is 11.5 Å². The topological polar surface area (TPSA) is 21.3 Å². The molecule has 118 valence electrons. The van der Waals surface area contributed by atoms with Crippen molar-refractivity contribution in [2.75, 3.05) is 13.7 Å². The number of halogens is 1. The average Bonchev–Trinajstić information content (AvgIpc) is 2.48. The van der Waals surface area contributed by atoms with Gasteiger partial charge in [0.25, 0.3) is 0 Å². The molecule has 0 saturated heterocycles. The van der Waals surface area contributed by atoms with Gasteiger partial charge in [0.15, 0.2) is 0 Å². The molecule has 21 heavy (non-hydrogen) atoms. The molecule has 3 heteroatoms. The summed E-state index contributed by atoms with van der Waals surface area (Å²) in [5, 5.41) is 3.73. The third-order valence-corrected chi connectivity index (χ3v) is 5.78. The molecule has 2 nitrogen and oxygen atoms in total. The van der Waals surface area contributed by atoms with Gasteiger partial charge in [0.1, 0.15) is 5.75 Å². The molecule has 0 amide bonds. The van der Waals surface area contributed by atoms with Crippen molar-refractivity contribution in [1.29, 1.82) is 0 Å². The molecular formula is C18H28BrNO. The van der Waals surface area contributed by atoms with E-state index in [9.17, 15) is 0 Å². The van der Waals surface area contributed by atoms with Crippen LogP contribution in [0.15, 0.2) is 16.6 Å². The molecule has 1 atom stereocenters. The zero-order chi connectivity index (χ0) is 15.5. The third-order valence-electron chi connectivity index (χ3n) is 4.92. The summed E-state index contributed by atoms with van der Waals surface area (Å²) in [6.07, 6.45) is 6.64. The van der Waals surface area contributed by atoms with Crippen LogP contribution in [0.5, 0.6) is 5.75 Å². The van der Waals surface area contributed by atoms with E-state index in [4.69, 9.17) is 4.74 Å². The number of hydrogen-bond donors (Lipinski definition) is 1. The largest absolute Gasteiger partial charge is 0.496 e. The number of hydrogen-bond acceptors (Lipinski definition) is 2. The van der Waals surface area contributed by atoms with Crippen molar-refractivity contribution in [1.82, 2.24) is 5.32 Å². The highest BCUT2D eigenvalue weighted by atomic mass is 79.9. The van der Waals surface area contributed by atoms with Gasteiger partial charge < -0.3 is 10.1 Å². The van der Waals surface area contributed by atoms with Gasteiger partial charge in [0.2, 0.25) is 0 Å². The minimum absolute atomic E-state index is 0.316. The Morgan fingerprint density at radius 2 is 1.95 bits per heavy atom. The number of ether oxygens (including phenoxy) is 1.